The van der Waals surface area contributed by atoms with Crippen LogP contribution in [0.25, 0.3) is 0 Å². The molecule has 0 saturated carbocycles. The molecule has 2 unspecified atom stereocenters. The van der Waals surface area contributed by atoms with Gasteiger partial charge in [-0.25, -0.2) is 0 Å². The molecule has 0 aliphatic carbocycles. The van der Waals surface area contributed by atoms with Crippen LogP contribution in [-0.4, -0.2) is 28.4 Å². The number of ether oxygens (including phenoxy) is 1. The summed E-state index contributed by atoms with van der Waals surface area (Å²) in [4.78, 5) is 3.95. The van der Waals surface area contributed by atoms with Crippen molar-refractivity contribution in [3.63, 3.8) is 0 Å². The van der Waals surface area contributed by atoms with Gasteiger partial charge in [0.2, 0.25) is 0 Å². The van der Waals surface area contributed by atoms with Gasteiger partial charge in [-0.15, -0.1) is 0 Å². The van der Waals surface area contributed by atoms with Crippen molar-refractivity contribution in [2.45, 2.75) is 37.9 Å². The number of aliphatic hydroxyl groups is 1. The molecular formula is C12H17NO2. The quantitative estimate of drug-likeness (QED) is 0.817. The molecule has 1 saturated heterocycles. The Balaban J connectivity index is 2.00. The predicted molar refractivity (Wildman–Crippen MR) is 57.5 cm³/mol. The van der Waals surface area contributed by atoms with Gasteiger partial charge >= 0.3 is 0 Å². The van der Waals surface area contributed by atoms with Crippen LogP contribution in [0.3, 0.4) is 0 Å². The highest BCUT2D eigenvalue weighted by Gasteiger charge is 2.37. The van der Waals surface area contributed by atoms with E-state index in [1.165, 1.54) is 0 Å². The fraction of sp³-hybridized carbons (Fsp3) is 0.583. The summed E-state index contributed by atoms with van der Waals surface area (Å²) in [6.07, 6.45) is 5.70. The van der Waals surface area contributed by atoms with Gasteiger partial charge in [0.25, 0.3) is 0 Å². The lowest BCUT2D eigenvalue weighted by Crippen LogP contribution is -2.40. The van der Waals surface area contributed by atoms with Crippen molar-refractivity contribution in [2.75, 3.05) is 6.61 Å². The van der Waals surface area contributed by atoms with Crippen LogP contribution in [0, 0.1) is 0 Å². The Hall–Kier alpha value is -0.930. The topological polar surface area (TPSA) is 42.4 Å². The SMILES string of the molecule is CC1(C(O)Cc2ccncc2)CCCO1. The maximum Gasteiger partial charge on any atom is 0.0916 e. The lowest BCUT2D eigenvalue weighted by molar-refractivity contribution is -0.0768. The Labute approximate surface area is 90.1 Å². The molecule has 1 fully saturated rings. The largest absolute Gasteiger partial charge is 0.390 e. The number of aromatic nitrogens is 1. The summed E-state index contributed by atoms with van der Waals surface area (Å²) in [6, 6.07) is 3.86. The van der Waals surface area contributed by atoms with Crippen LogP contribution in [0.2, 0.25) is 0 Å². The van der Waals surface area contributed by atoms with Gasteiger partial charge in [-0.3, -0.25) is 4.98 Å². The summed E-state index contributed by atoms with van der Waals surface area (Å²) in [7, 11) is 0. The molecule has 1 aromatic heterocycles. The molecule has 1 aromatic rings. The van der Waals surface area contributed by atoms with E-state index in [-0.39, 0.29) is 5.60 Å². The third kappa shape index (κ3) is 2.36. The Morgan fingerprint density at radius 1 is 1.53 bits per heavy atom. The monoisotopic (exact) mass is 207 g/mol. The first kappa shape index (κ1) is 10.6. The summed E-state index contributed by atoms with van der Waals surface area (Å²) in [5.74, 6) is 0. The highest BCUT2D eigenvalue weighted by Crippen LogP contribution is 2.30. The standard InChI is InChI=1S/C12H17NO2/c1-12(5-2-8-15-12)11(14)9-10-3-6-13-7-4-10/h3-4,6-7,11,14H,2,5,8-9H2,1H3. The fourth-order valence-corrected chi connectivity index (χ4v) is 2.02. The third-order valence-electron chi connectivity index (χ3n) is 3.13. The molecule has 0 radical (unpaired) electrons. The summed E-state index contributed by atoms with van der Waals surface area (Å²) < 4.78 is 5.61. The Bertz CT molecular complexity index is 307. The Kier molecular flexibility index (Phi) is 3.03. The van der Waals surface area contributed by atoms with Crippen molar-refractivity contribution in [1.82, 2.24) is 4.98 Å². The molecule has 3 nitrogen and oxygen atoms in total. The van der Waals surface area contributed by atoms with Gasteiger partial charge in [-0.05, 0) is 37.5 Å². The van der Waals surface area contributed by atoms with E-state index in [1.807, 2.05) is 19.1 Å². The molecular weight excluding hydrogens is 190 g/mol. The molecule has 0 spiro atoms. The van der Waals surface area contributed by atoms with E-state index in [9.17, 15) is 5.11 Å². The molecule has 1 N–H and O–H groups in total. The second-order valence-corrected chi connectivity index (χ2v) is 4.34. The molecule has 1 aliphatic rings. The lowest BCUT2D eigenvalue weighted by atomic mass is 9.91. The van der Waals surface area contributed by atoms with E-state index in [2.05, 4.69) is 4.98 Å². The number of pyridine rings is 1. The molecule has 0 bridgehead atoms. The van der Waals surface area contributed by atoms with Crippen LogP contribution in [-0.2, 0) is 11.2 Å². The van der Waals surface area contributed by atoms with Crippen LogP contribution in [0.4, 0.5) is 0 Å². The molecule has 1 aliphatic heterocycles. The molecule has 2 rings (SSSR count). The molecule has 3 heteroatoms. The lowest BCUT2D eigenvalue weighted by Gasteiger charge is -2.29. The second-order valence-electron chi connectivity index (χ2n) is 4.34. The molecule has 2 atom stereocenters. The van der Waals surface area contributed by atoms with Crippen LogP contribution >= 0.6 is 0 Å². The first-order valence-corrected chi connectivity index (χ1v) is 5.42. The number of rotatable bonds is 3. The Morgan fingerprint density at radius 3 is 2.87 bits per heavy atom. The summed E-state index contributed by atoms with van der Waals surface area (Å²) in [5, 5.41) is 10.1. The van der Waals surface area contributed by atoms with Gasteiger partial charge in [0.15, 0.2) is 0 Å². The fourth-order valence-electron chi connectivity index (χ4n) is 2.02. The normalized spacial score (nSPS) is 27.9. The molecule has 0 aromatic carbocycles. The van der Waals surface area contributed by atoms with E-state index in [0.29, 0.717) is 6.42 Å². The minimum Gasteiger partial charge on any atom is -0.390 e. The van der Waals surface area contributed by atoms with E-state index in [4.69, 9.17) is 4.74 Å². The first-order chi connectivity index (χ1) is 7.21. The van der Waals surface area contributed by atoms with Crippen molar-refractivity contribution in [1.29, 1.82) is 0 Å². The minimum absolute atomic E-state index is 0.358. The number of nitrogens with zero attached hydrogens (tertiary/aromatic N) is 1. The zero-order valence-electron chi connectivity index (χ0n) is 9.02. The van der Waals surface area contributed by atoms with E-state index < -0.39 is 6.10 Å². The highest BCUT2D eigenvalue weighted by atomic mass is 16.5. The van der Waals surface area contributed by atoms with Gasteiger partial charge < -0.3 is 9.84 Å². The van der Waals surface area contributed by atoms with Gasteiger partial charge in [-0.1, -0.05) is 0 Å². The van der Waals surface area contributed by atoms with Crippen molar-refractivity contribution >= 4 is 0 Å². The Morgan fingerprint density at radius 2 is 2.27 bits per heavy atom. The zero-order valence-corrected chi connectivity index (χ0v) is 9.02. The predicted octanol–water partition coefficient (Wildman–Crippen LogP) is 1.55. The van der Waals surface area contributed by atoms with E-state index >= 15 is 0 Å². The maximum absolute atomic E-state index is 10.1. The summed E-state index contributed by atoms with van der Waals surface area (Å²) >= 11 is 0. The van der Waals surface area contributed by atoms with Crippen molar-refractivity contribution < 1.29 is 9.84 Å². The number of hydrogen-bond donors (Lipinski definition) is 1. The minimum atomic E-state index is -0.428. The highest BCUT2D eigenvalue weighted by molar-refractivity contribution is 5.12. The van der Waals surface area contributed by atoms with E-state index in [0.717, 1.165) is 25.0 Å². The zero-order chi connectivity index (χ0) is 10.7. The average Bonchev–Trinajstić information content (AvgIpc) is 2.68. The number of aliphatic hydroxyl groups excluding tert-OH is 1. The van der Waals surface area contributed by atoms with Crippen molar-refractivity contribution in [3.8, 4) is 0 Å². The van der Waals surface area contributed by atoms with Crippen LogP contribution in [0.5, 0.6) is 0 Å². The molecule has 15 heavy (non-hydrogen) atoms. The van der Waals surface area contributed by atoms with Gasteiger partial charge in [0, 0.05) is 25.4 Å². The van der Waals surface area contributed by atoms with Crippen LogP contribution < -0.4 is 0 Å². The first-order valence-electron chi connectivity index (χ1n) is 5.42. The second kappa shape index (κ2) is 4.29. The average molecular weight is 207 g/mol. The third-order valence-corrected chi connectivity index (χ3v) is 3.13. The summed E-state index contributed by atoms with van der Waals surface area (Å²) in [6.45, 7) is 2.76. The van der Waals surface area contributed by atoms with Gasteiger partial charge in [0.1, 0.15) is 0 Å². The van der Waals surface area contributed by atoms with Gasteiger partial charge in [0.05, 0.1) is 11.7 Å². The molecule has 2 heterocycles. The van der Waals surface area contributed by atoms with Crippen molar-refractivity contribution in [3.05, 3.63) is 30.1 Å². The van der Waals surface area contributed by atoms with Crippen molar-refractivity contribution in [2.24, 2.45) is 0 Å². The van der Waals surface area contributed by atoms with Crippen LogP contribution in [0.15, 0.2) is 24.5 Å². The molecule has 82 valence electrons. The van der Waals surface area contributed by atoms with Crippen LogP contribution in [0.1, 0.15) is 25.3 Å². The van der Waals surface area contributed by atoms with E-state index in [1.54, 1.807) is 12.4 Å². The summed E-state index contributed by atoms with van der Waals surface area (Å²) in [5.41, 5.74) is 0.748. The number of hydrogen-bond acceptors (Lipinski definition) is 3. The van der Waals surface area contributed by atoms with Gasteiger partial charge in [-0.2, -0.15) is 0 Å². The smallest absolute Gasteiger partial charge is 0.0916 e. The molecule has 0 amide bonds. The maximum atomic E-state index is 10.1.